The van der Waals surface area contributed by atoms with Gasteiger partial charge in [-0.25, -0.2) is 0 Å². The second-order valence-corrected chi connectivity index (χ2v) is 6.47. The van der Waals surface area contributed by atoms with Crippen molar-refractivity contribution in [1.29, 1.82) is 0 Å². The second kappa shape index (κ2) is 7.14. The van der Waals surface area contributed by atoms with Gasteiger partial charge in [0.25, 0.3) is 0 Å². The first-order valence-electron chi connectivity index (χ1n) is 6.43. The van der Waals surface area contributed by atoms with Gasteiger partial charge < -0.3 is 10.6 Å². The maximum atomic E-state index is 5.73. The molecule has 0 unspecified atom stereocenters. The van der Waals surface area contributed by atoms with E-state index in [9.17, 15) is 0 Å². The van der Waals surface area contributed by atoms with E-state index in [1.54, 1.807) is 11.3 Å². The zero-order chi connectivity index (χ0) is 12.7. The van der Waals surface area contributed by atoms with Crippen LogP contribution in [0.4, 0.5) is 0 Å². The largest absolute Gasteiger partial charge is 0.330 e. The lowest BCUT2D eigenvalue weighted by molar-refractivity contribution is 0.289. The van der Waals surface area contributed by atoms with E-state index < -0.39 is 0 Å². The van der Waals surface area contributed by atoms with Crippen LogP contribution in [0.1, 0.15) is 38.7 Å². The molecule has 0 saturated heterocycles. The zero-order valence-corrected chi connectivity index (χ0v) is 12.2. The Bertz CT molecular complexity index is 293. The number of hydrogen-bond donors (Lipinski definition) is 1. The predicted molar refractivity (Wildman–Crippen MR) is 77.3 cm³/mol. The van der Waals surface area contributed by atoms with E-state index in [0.29, 0.717) is 5.41 Å². The number of nitrogens with two attached hydrogens (primary N) is 1. The molecule has 0 aromatic carbocycles. The predicted octanol–water partition coefficient (Wildman–Crippen LogP) is 3.34. The van der Waals surface area contributed by atoms with E-state index >= 15 is 0 Å². The molecular weight excluding hydrogens is 228 g/mol. The van der Waals surface area contributed by atoms with Crippen LogP contribution >= 0.6 is 11.3 Å². The van der Waals surface area contributed by atoms with Gasteiger partial charge in [-0.3, -0.25) is 0 Å². The summed E-state index contributed by atoms with van der Waals surface area (Å²) in [6.07, 6.45) is 3.78. The summed E-state index contributed by atoms with van der Waals surface area (Å²) < 4.78 is 0. The van der Waals surface area contributed by atoms with Crippen molar-refractivity contribution < 1.29 is 0 Å². The highest BCUT2D eigenvalue weighted by atomic mass is 32.1. The van der Waals surface area contributed by atoms with Gasteiger partial charge in [-0.05, 0) is 60.8 Å². The molecule has 0 radical (unpaired) electrons. The molecule has 1 heterocycles. The van der Waals surface area contributed by atoms with Gasteiger partial charge in [-0.15, -0.1) is 0 Å². The average Bonchev–Trinajstić information content (AvgIpc) is 2.77. The fourth-order valence-electron chi connectivity index (χ4n) is 1.86. The Hall–Kier alpha value is -0.380. The maximum absolute atomic E-state index is 5.73. The maximum Gasteiger partial charge on any atom is 0.0238 e. The van der Waals surface area contributed by atoms with Crippen LogP contribution in [-0.2, 0) is 6.54 Å². The minimum absolute atomic E-state index is 0.311. The highest BCUT2D eigenvalue weighted by molar-refractivity contribution is 7.07. The van der Waals surface area contributed by atoms with Crippen LogP contribution in [0.5, 0.6) is 0 Å². The molecule has 1 aromatic rings. The third-order valence-electron chi connectivity index (χ3n) is 3.23. The summed E-state index contributed by atoms with van der Waals surface area (Å²) in [6.45, 7) is 7.54. The monoisotopic (exact) mass is 254 g/mol. The Morgan fingerprint density at radius 1 is 1.35 bits per heavy atom. The second-order valence-electron chi connectivity index (χ2n) is 5.69. The highest BCUT2D eigenvalue weighted by Gasteiger charge is 2.14. The summed E-state index contributed by atoms with van der Waals surface area (Å²) in [5, 5.41) is 4.38. The normalized spacial score (nSPS) is 12.3. The SMILES string of the molecule is CN(CCCCC(C)(C)CN)Cc1ccsc1. The molecule has 0 fully saturated rings. The summed E-state index contributed by atoms with van der Waals surface area (Å²) in [5.41, 5.74) is 7.47. The zero-order valence-electron chi connectivity index (χ0n) is 11.4. The Morgan fingerprint density at radius 3 is 2.71 bits per heavy atom. The van der Waals surface area contributed by atoms with Gasteiger partial charge in [-0.1, -0.05) is 20.3 Å². The summed E-state index contributed by atoms with van der Waals surface area (Å²) in [5.74, 6) is 0. The quantitative estimate of drug-likeness (QED) is 0.721. The molecule has 2 nitrogen and oxygen atoms in total. The van der Waals surface area contributed by atoms with Gasteiger partial charge in [0, 0.05) is 6.54 Å². The van der Waals surface area contributed by atoms with Gasteiger partial charge >= 0.3 is 0 Å². The van der Waals surface area contributed by atoms with Crippen LogP contribution in [-0.4, -0.2) is 25.0 Å². The Morgan fingerprint density at radius 2 is 2.12 bits per heavy atom. The minimum atomic E-state index is 0.311. The molecule has 98 valence electrons. The molecule has 1 rings (SSSR count). The summed E-state index contributed by atoms with van der Waals surface area (Å²) in [6, 6.07) is 2.21. The first kappa shape index (κ1) is 14.7. The van der Waals surface area contributed by atoms with Crippen molar-refractivity contribution in [2.24, 2.45) is 11.1 Å². The number of nitrogens with zero attached hydrogens (tertiary/aromatic N) is 1. The Balaban J connectivity index is 2.10. The summed E-state index contributed by atoms with van der Waals surface area (Å²) >= 11 is 1.78. The Labute approximate surface area is 110 Å². The standard InChI is InChI=1S/C14H26N2S/c1-14(2,12-15)7-4-5-8-16(3)10-13-6-9-17-11-13/h6,9,11H,4-5,7-8,10,12,15H2,1-3H3. The summed E-state index contributed by atoms with van der Waals surface area (Å²) in [4.78, 5) is 2.40. The molecule has 0 aliphatic heterocycles. The molecule has 0 aliphatic rings. The van der Waals surface area contributed by atoms with Crippen LogP contribution in [0.15, 0.2) is 16.8 Å². The third-order valence-corrected chi connectivity index (χ3v) is 3.96. The average molecular weight is 254 g/mol. The minimum Gasteiger partial charge on any atom is -0.330 e. The van der Waals surface area contributed by atoms with Gasteiger partial charge in [0.15, 0.2) is 0 Å². The van der Waals surface area contributed by atoms with E-state index in [1.165, 1.54) is 31.4 Å². The smallest absolute Gasteiger partial charge is 0.0238 e. The van der Waals surface area contributed by atoms with Crippen molar-refractivity contribution in [2.75, 3.05) is 20.1 Å². The van der Waals surface area contributed by atoms with E-state index in [-0.39, 0.29) is 0 Å². The van der Waals surface area contributed by atoms with Crippen LogP contribution in [0.3, 0.4) is 0 Å². The van der Waals surface area contributed by atoms with Crippen LogP contribution in [0, 0.1) is 5.41 Å². The lowest BCUT2D eigenvalue weighted by Crippen LogP contribution is -2.24. The van der Waals surface area contributed by atoms with Crippen molar-refractivity contribution in [3.8, 4) is 0 Å². The first-order chi connectivity index (χ1) is 8.03. The number of thiophene rings is 1. The fourth-order valence-corrected chi connectivity index (χ4v) is 2.52. The van der Waals surface area contributed by atoms with Crippen LogP contribution in [0.2, 0.25) is 0 Å². The molecule has 2 N–H and O–H groups in total. The number of hydrogen-bond acceptors (Lipinski definition) is 3. The number of unbranched alkanes of at least 4 members (excludes halogenated alkanes) is 1. The third kappa shape index (κ3) is 6.20. The molecule has 0 bridgehead atoms. The van der Waals surface area contributed by atoms with Crippen LogP contribution < -0.4 is 5.73 Å². The van der Waals surface area contributed by atoms with E-state index in [1.807, 2.05) is 0 Å². The molecule has 0 amide bonds. The molecule has 1 aromatic heterocycles. The van der Waals surface area contributed by atoms with Crippen molar-refractivity contribution in [2.45, 2.75) is 39.7 Å². The van der Waals surface area contributed by atoms with Crippen LogP contribution in [0.25, 0.3) is 0 Å². The van der Waals surface area contributed by atoms with Gasteiger partial charge in [0.2, 0.25) is 0 Å². The van der Waals surface area contributed by atoms with Crippen molar-refractivity contribution in [3.05, 3.63) is 22.4 Å². The van der Waals surface area contributed by atoms with E-state index in [4.69, 9.17) is 5.73 Å². The van der Waals surface area contributed by atoms with Crippen molar-refractivity contribution >= 4 is 11.3 Å². The van der Waals surface area contributed by atoms with Gasteiger partial charge in [0.1, 0.15) is 0 Å². The summed E-state index contributed by atoms with van der Waals surface area (Å²) in [7, 11) is 2.20. The molecule has 0 spiro atoms. The van der Waals surface area contributed by atoms with Crippen molar-refractivity contribution in [1.82, 2.24) is 4.90 Å². The van der Waals surface area contributed by atoms with E-state index in [2.05, 4.69) is 42.6 Å². The van der Waals surface area contributed by atoms with Gasteiger partial charge in [-0.2, -0.15) is 11.3 Å². The van der Waals surface area contributed by atoms with E-state index in [0.717, 1.165) is 13.1 Å². The highest BCUT2D eigenvalue weighted by Crippen LogP contribution is 2.21. The van der Waals surface area contributed by atoms with Crippen molar-refractivity contribution in [3.63, 3.8) is 0 Å². The molecule has 0 saturated carbocycles. The van der Waals surface area contributed by atoms with Gasteiger partial charge in [0.05, 0.1) is 0 Å². The fraction of sp³-hybridized carbons (Fsp3) is 0.714. The molecular formula is C14H26N2S. The lowest BCUT2D eigenvalue weighted by atomic mass is 9.87. The first-order valence-corrected chi connectivity index (χ1v) is 7.37. The molecule has 0 atom stereocenters. The Kier molecular flexibility index (Phi) is 6.17. The molecule has 17 heavy (non-hydrogen) atoms. The molecule has 0 aliphatic carbocycles. The topological polar surface area (TPSA) is 29.3 Å². The lowest BCUT2D eigenvalue weighted by Gasteiger charge is -2.23. The molecule has 3 heteroatoms. The number of rotatable bonds is 8.